The summed E-state index contributed by atoms with van der Waals surface area (Å²) in [5.41, 5.74) is 1.73. The summed E-state index contributed by atoms with van der Waals surface area (Å²) in [6, 6.07) is 17.0. The highest BCUT2D eigenvalue weighted by Crippen LogP contribution is 2.23. The third-order valence-electron chi connectivity index (χ3n) is 4.81. The molecule has 2 aromatic carbocycles. The zero-order chi connectivity index (χ0) is 19.8. The van der Waals surface area contributed by atoms with Crippen molar-refractivity contribution in [3.63, 3.8) is 0 Å². The van der Waals surface area contributed by atoms with E-state index >= 15 is 0 Å². The lowest BCUT2D eigenvalue weighted by molar-refractivity contribution is -0.117. The van der Waals surface area contributed by atoms with Crippen molar-refractivity contribution in [1.82, 2.24) is 5.32 Å². The van der Waals surface area contributed by atoms with E-state index < -0.39 is 0 Å². The van der Waals surface area contributed by atoms with Crippen LogP contribution in [0.4, 0.5) is 0 Å². The van der Waals surface area contributed by atoms with Gasteiger partial charge in [0.25, 0.3) is 5.91 Å². The van der Waals surface area contributed by atoms with Gasteiger partial charge in [0.15, 0.2) is 0 Å². The predicted molar refractivity (Wildman–Crippen MR) is 111 cm³/mol. The molecule has 0 unspecified atom stereocenters. The van der Waals surface area contributed by atoms with E-state index in [1.54, 1.807) is 6.08 Å². The normalized spacial score (nSPS) is 14.9. The van der Waals surface area contributed by atoms with Crippen molar-refractivity contribution in [2.45, 2.75) is 44.8 Å². The van der Waals surface area contributed by atoms with Crippen LogP contribution in [0.3, 0.4) is 0 Å². The number of para-hydroxylation sites is 1. The van der Waals surface area contributed by atoms with Gasteiger partial charge in [0.2, 0.25) is 0 Å². The number of nitrogens with zero attached hydrogens (tertiary/aromatic N) is 1. The van der Waals surface area contributed by atoms with Gasteiger partial charge in [0.1, 0.15) is 24.0 Å². The van der Waals surface area contributed by atoms with Crippen LogP contribution in [0.5, 0.6) is 5.75 Å². The Bertz CT molecular complexity index is 895. The fourth-order valence-electron chi connectivity index (χ4n) is 3.33. The zero-order valence-corrected chi connectivity index (χ0v) is 16.4. The smallest absolute Gasteiger partial charge is 0.262 e. The number of carbonyl (C=O) groups is 1. The van der Waals surface area contributed by atoms with Crippen molar-refractivity contribution in [3.8, 4) is 11.8 Å². The predicted octanol–water partition coefficient (Wildman–Crippen LogP) is 5.27. The zero-order valence-electron chi connectivity index (χ0n) is 15.7. The number of carbonyl (C=O) groups excluding carboxylic acids is 1. The lowest BCUT2D eigenvalue weighted by Gasteiger charge is -2.22. The fourth-order valence-corrected chi connectivity index (χ4v) is 3.55. The number of benzene rings is 2. The molecule has 4 nitrogen and oxygen atoms in total. The van der Waals surface area contributed by atoms with Gasteiger partial charge in [0, 0.05) is 16.6 Å². The minimum atomic E-state index is -0.320. The monoisotopic (exact) mass is 394 g/mol. The quantitative estimate of drug-likeness (QED) is 0.535. The van der Waals surface area contributed by atoms with E-state index in [0.717, 1.165) is 31.2 Å². The molecule has 0 spiro atoms. The second-order valence-electron chi connectivity index (χ2n) is 6.93. The van der Waals surface area contributed by atoms with E-state index in [2.05, 4.69) is 5.32 Å². The van der Waals surface area contributed by atoms with Crippen LogP contribution in [-0.4, -0.2) is 11.9 Å². The molecule has 1 amide bonds. The number of hydrogen-bond donors (Lipinski definition) is 1. The molecule has 0 atom stereocenters. The Morgan fingerprint density at radius 2 is 1.96 bits per heavy atom. The second-order valence-corrected chi connectivity index (χ2v) is 7.37. The maximum atomic E-state index is 12.5. The van der Waals surface area contributed by atoms with Crippen LogP contribution in [-0.2, 0) is 11.4 Å². The number of nitrogens with one attached hydrogen (secondary N) is 1. The van der Waals surface area contributed by atoms with Crippen molar-refractivity contribution in [1.29, 1.82) is 5.26 Å². The molecule has 0 aliphatic heterocycles. The van der Waals surface area contributed by atoms with Gasteiger partial charge in [-0.25, -0.2) is 0 Å². The maximum absolute atomic E-state index is 12.5. The van der Waals surface area contributed by atoms with Gasteiger partial charge in [-0.15, -0.1) is 0 Å². The molecule has 0 saturated heterocycles. The summed E-state index contributed by atoms with van der Waals surface area (Å²) in [4.78, 5) is 12.5. The summed E-state index contributed by atoms with van der Waals surface area (Å²) < 4.78 is 5.91. The standard InChI is InChI=1S/C23H23ClN2O2/c24-20-9-6-7-17(13-20)16-28-22-12-5-4-8-18(22)14-19(15-25)23(27)26-21-10-2-1-3-11-21/h4-9,12-14,21H,1-3,10-11,16H2,(H,26,27)/b19-14+. The summed E-state index contributed by atoms with van der Waals surface area (Å²) in [5.74, 6) is 0.291. The summed E-state index contributed by atoms with van der Waals surface area (Å²) in [6.07, 6.45) is 7.00. The second kappa shape index (κ2) is 9.96. The first-order valence-electron chi connectivity index (χ1n) is 9.54. The Morgan fingerprint density at radius 1 is 1.18 bits per heavy atom. The number of halogens is 1. The minimum absolute atomic E-state index is 0.0874. The van der Waals surface area contributed by atoms with Crippen LogP contribution in [0, 0.1) is 11.3 Å². The summed E-state index contributed by atoms with van der Waals surface area (Å²) in [6.45, 7) is 0.349. The van der Waals surface area contributed by atoms with E-state index in [1.807, 2.05) is 54.6 Å². The van der Waals surface area contributed by atoms with Gasteiger partial charge in [-0.2, -0.15) is 5.26 Å². The van der Waals surface area contributed by atoms with Gasteiger partial charge in [-0.1, -0.05) is 61.2 Å². The van der Waals surface area contributed by atoms with Crippen LogP contribution in [0.2, 0.25) is 5.02 Å². The summed E-state index contributed by atoms with van der Waals surface area (Å²) in [5, 5.41) is 13.1. The molecule has 144 valence electrons. The number of hydrogen-bond acceptors (Lipinski definition) is 3. The highest BCUT2D eigenvalue weighted by Gasteiger charge is 2.18. The van der Waals surface area contributed by atoms with Crippen molar-refractivity contribution in [3.05, 3.63) is 70.3 Å². The van der Waals surface area contributed by atoms with Crippen LogP contribution in [0.25, 0.3) is 6.08 Å². The van der Waals surface area contributed by atoms with Gasteiger partial charge < -0.3 is 10.1 Å². The number of rotatable bonds is 6. The van der Waals surface area contributed by atoms with Crippen LogP contribution >= 0.6 is 11.6 Å². The third-order valence-corrected chi connectivity index (χ3v) is 5.04. The van der Waals surface area contributed by atoms with Crippen molar-refractivity contribution < 1.29 is 9.53 Å². The SMILES string of the molecule is N#C/C(=C\c1ccccc1OCc1cccc(Cl)c1)C(=O)NC1CCCCC1. The molecule has 1 fully saturated rings. The van der Waals surface area contributed by atoms with E-state index in [1.165, 1.54) is 6.42 Å². The lowest BCUT2D eigenvalue weighted by Crippen LogP contribution is -2.36. The number of ether oxygens (including phenoxy) is 1. The average Bonchev–Trinajstić information content (AvgIpc) is 2.72. The van der Waals surface area contributed by atoms with Gasteiger partial charge in [0.05, 0.1) is 0 Å². The summed E-state index contributed by atoms with van der Waals surface area (Å²) in [7, 11) is 0. The fraction of sp³-hybridized carbons (Fsp3) is 0.304. The molecule has 0 bridgehead atoms. The van der Waals surface area contributed by atoms with E-state index in [0.29, 0.717) is 22.9 Å². The minimum Gasteiger partial charge on any atom is -0.488 e. The van der Waals surface area contributed by atoms with Gasteiger partial charge in [-0.3, -0.25) is 4.79 Å². The Morgan fingerprint density at radius 3 is 2.71 bits per heavy atom. The third kappa shape index (κ3) is 5.61. The lowest BCUT2D eigenvalue weighted by atomic mass is 9.95. The molecule has 28 heavy (non-hydrogen) atoms. The Kier molecular flexibility index (Phi) is 7.11. The van der Waals surface area contributed by atoms with Crippen LogP contribution in [0.1, 0.15) is 43.2 Å². The van der Waals surface area contributed by atoms with E-state index in [-0.39, 0.29) is 17.5 Å². The maximum Gasteiger partial charge on any atom is 0.262 e. The van der Waals surface area contributed by atoms with Crippen molar-refractivity contribution in [2.24, 2.45) is 0 Å². The molecule has 5 heteroatoms. The first-order valence-corrected chi connectivity index (χ1v) is 9.92. The molecule has 1 aliphatic rings. The molecule has 1 saturated carbocycles. The first kappa shape index (κ1) is 20.0. The largest absolute Gasteiger partial charge is 0.488 e. The van der Waals surface area contributed by atoms with Crippen LogP contribution in [0.15, 0.2) is 54.1 Å². The first-order chi connectivity index (χ1) is 13.7. The van der Waals surface area contributed by atoms with Crippen molar-refractivity contribution in [2.75, 3.05) is 0 Å². The molecule has 2 aromatic rings. The van der Waals surface area contributed by atoms with E-state index in [9.17, 15) is 10.1 Å². The molecule has 0 radical (unpaired) electrons. The molecular weight excluding hydrogens is 372 g/mol. The highest BCUT2D eigenvalue weighted by atomic mass is 35.5. The Labute approximate surface area is 170 Å². The topological polar surface area (TPSA) is 62.1 Å². The molecular formula is C23H23ClN2O2. The molecule has 0 aromatic heterocycles. The van der Waals surface area contributed by atoms with Crippen molar-refractivity contribution >= 4 is 23.6 Å². The Balaban J connectivity index is 1.72. The average molecular weight is 395 g/mol. The summed E-state index contributed by atoms with van der Waals surface area (Å²) >= 11 is 6.01. The molecule has 1 N–H and O–H groups in total. The van der Waals surface area contributed by atoms with E-state index in [4.69, 9.17) is 16.3 Å². The molecule has 0 heterocycles. The number of nitriles is 1. The Hall–Kier alpha value is -2.77. The molecule has 1 aliphatic carbocycles. The van der Waals surface area contributed by atoms with Gasteiger partial charge >= 0.3 is 0 Å². The van der Waals surface area contributed by atoms with Crippen LogP contribution < -0.4 is 10.1 Å². The molecule has 3 rings (SSSR count). The highest BCUT2D eigenvalue weighted by molar-refractivity contribution is 6.30. The van der Waals surface area contributed by atoms with Gasteiger partial charge in [-0.05, 0) is 42.7 Å². The number of amides is 1.